The zero-order valence-electron chi connectivity index (χ0n) is 15.0. The zero-order valence-corrected chi connectivity index (χ0v) is 15.0. The van der Waals surface area contributed by atoms with Crippen LogP contribution in [0.2, 0.25) is 0 Å². The first-order valence-corrected chi connectivity index (χ1v) is 8.67. The van der Waals surface area contributed by atoms with Gasteiger partial charge in [-0.05, 0) is 43.0 Å². The van der Waals surface area contributed by atoms with Crippen molar-refractivity contribution < 1.29 is 9.18 Å². The average Bonchev–Trinajstić information content (AvgIpc) is 2.97. The smallest absolute Gasteiger partial charge is 0.269 e. The van der Waals surface area contributed by atoms with Gasteiger partial charge >= 0.3 is 0 Å². The molecule has 3 aromatic rings. The molecule has 134 valence electrons. The summed E-state index contributed by atoms with van der Waals surface area (Å²) in [5.41, 5.74) is 3.98. The first-order chi connectivity index (χ1) is 12.5. The van der Waals surface area contributed by atoms with Gasteiger partial charge in [0.2, 0.25) is 0 Å². The van der Waals surface area contributed by atoms with Crippen LogP contribution in [-0.2, 0) is 13.5 Å². The van der Waals surface area contributed by atoms with E-state index in [1.54, 1.807) is 29.9 Å². The maximum atomic E-state index is 13.9. The van der Waals surface area contributed by atoms with E-state index >= 15 is 0 Å². The van der Waals surface area contributed by atoms with E-state index in [1.165, 1.54) is 6.07 Å². The van der Waals surface area contributed by atoms with Crippen LogP contribution in [0.4, 0.5) is 4.39 Å². The van der Waals surface area contributed by atoms with Crippen LogP contribution in [0.5, 0.6) is 0 Å². The van der Waals surface area contributed by atoms with Crippen LogP contribution in [0.3, 0.4) is 0 Å². The van der Waals surface area contributed by atoms with Gasteiger partial charge in [0.1, 0.15) is 11.5 Å². The Bertz CT molecular complexity index is 917. The van der Waals surface area contributed by atoms with E-state index in [0.29, 0.717) is 17.8 Å². The molecule has 0 atom stereocenters. The lowest BCUT2D eigenvalue weighted by Gasteiger charge is -2.08. The lowest BCUT2D eigenvalue weighted by molar-refractivity contribution is 0.0944. The SMILES string of the molecule is Cc1cc(C(=O)NCCCc2cccc(-c3ccccc3F)c2)n(C)n1. The molecule has 0 aliphatic heterocycles. The molecule has 3 rings (SSSR count). The minimum absolute atomic E-state index is 0.117. The predicted molar refractivity (Wildman–Crippen MR) is 100 cm³/mol. The fourth-order valence-electron chi connectivity index (χ4n) is 3.00. The van der Waals surface area contributed by atoms with Crippen molar-refractivity contribution in [1.82, 2.24) is 15.1 Å². The summed E-state index contributed by atoms with van der Waals surface area (Å²) in [7, 11) is 1.76. The molecule has 0 saturated carbocycles. The Kier molecular flexibility index (Phi) is 5.46. The number of amides is 1. The summed E-state index contributed by atoms with van der Waals surface area (Å²) in [6, 6.07) is 16.4. The molecular weight excluding hydrogens is 329 g/mol. The van der Waals surface area contributed by atoms with Gasteiger partial charge in [-0.3, -0.25) is 9.48 Å². The van der Waals surface area contributed by atoms with E-state index in [4.69, 9.17) is 0 Å². The Morgan fingerprint density at radius 3 is 2.69 bits per heavy atom. The van der Waals surface area contributed by atoms with Crippen LogP contribution >= 0.6 is 0 Å². The Hall–Kier alpha value is -2.95. The normalized spacial score (nSPS) is 10.7. The third kappa shape index (κ3) is 4.17. The van der Waals surface area contributed by atoms with Crippen molar-refractivity contribution in [3.63, 3.8) is 0 Å². The fraction of sp³-hybridized carbons (Fsp3) is 0.238. The standard InChI is InChI=1S/C21H22FN3O/c1-15-13-20(25(2)24-15)21(26)23-12-6-8-16-7-5-9-17(14-16)18-10-3-4-11-19(18)22/h3-5,7,9-11,13-14H,6,8,12H2,1-2H3,(H,23,26). The minimum Gasteiger partial charge on any atom is -0.351 e. The highest BCUT2D eigenvalue weighted by Gasteiger charge is 2.11. The van der Waals surface area contributed by atoms with Crippen molar-refractivity contribution in [2.45, 2.75) is 19.8 Å². The van der Waals surface area contributed by atoms with E-state index in [1.807, 2.05) is 37.3 Å². The molecular formula is C21H22FN3O. The van der Waals surface area contributed by atoms with Crippen LogP contribution in [0, 0.1) is 12.7 Å². The number of carbonyl (C=O) groups is 1. The van der Waals surface area contributed by atoms with Crippen molar-refractivity contribution in [2.24, 2.45) is 7.05 Å². The maximum Gasteiger partial charge on any atom is 0.269 e. The van der Waals surface area contributed by atoms with Gasteiger partial charge in [0, 0.05) is 19.2 Å². The number of rotatable bonds is 6. The molecule has 0 spiro atoms. The molecule has 1 aromatic heterocycles. The Morgan fingerprint density at radius 1 is 1.15 bits per heavy atom. The van der Waals surface area contributed by atoms with Crippen LogP contribution < -0.4 is 5.32 Å². The van der Waals surface area contributed by atoms with E-state index in [9.17, 15) is 9.18 Å². The fourth-order valence-corrected chi connectivity index (χ4v) is 3.00. The van der Waals surface area contributed by atoms with Gasteiger partial charge in [-0.2, -0.15) is 5.10 Å². The molecule has 0 bridgehead atoms. The number of nitrogens with one attached hydrogen (secondary N) is 1. The summed E-state index contributed by atoms with van der Waals surface area (Å²) in [6.45, 7) is 2.44. The second-order valence-electron chi connectivity index (χ2n) is 6.33. The molecule has 0 aliphatic rings. The van der Waals surface area contributed by atoms with Gasteiger partial charge in [-0.25, -0.2) is 4.39 Å². The second kappa shape index (κ2) is 7.95. The zero-order chi connectivity index (χ0) is 18.5. The third-order valence-electron chi connectivity index (χ3n) is 4.27. The molecule has 4 nitrogen and oxygen atoms in total. The summed E-state index contributed by atoms with van der Waals surface area (Å²) in [6.07, 6.45) is 1.62. The summed E-state index contributed by atoms with van der Waals surface area (Å²) >= 11 is 0. The van der Waals surface area contributed by atoms with Gasteiger partial charge in [-0.15, -0.1) is 0 Å². The summed E-state index contributed by atoms with van der Waals surface area (Å²) in [4.78, 5) is 12.2. The Morgan fingerprint density at radius 2 is 1.96 bits per heavy atom. The lowest BCUT2D eigenvalue weighted by Crippen LogP contribution is -2.26. The van der Waals surface area contributed by atoms with Crippen LogP contribution in [-0.4, -0.2) is 22.2 Å². The van der Waals surface area contributed by atoms with Gasteiger partial charge in [-0.1, -0.05) is 42.5 Å². The van der Waals surface area contributed by atoms with Gasteiger partial charge in [0.15, 0.2) is 0 Å². The van der Waals surface area contributed by atoms with Crippen molar-refractivity contribution in [2.75, 3.05) is 6.54 Å². The highest BCUT2D eigenvalue weighted by atomic mass is 19.1. The molecule has 0 radical (unpaired) electrons. The molecule has 5 heteroatoms. The minimum atomic E-state index is -0.219. The summed E-state index contributed by atoms with van der Waals surface area (Å²) in [5.74, 6) is -0.336. The molecule has 0 saturated heterocycles. The van der Waals surface area contributed by atoms with E-state index in [2.05, 4.69) is 10.4 Å². The maximum absolute atomic E-state index is 13.9. The van der Waals surface area contributed by atoms with Crippen molar-refractivity contribution in [3.8, 4) is 11.1 Å². The lowest BCUT2D eigenvalue weighted by atomic mass is 10.0. The second-order valence-corrected chi connectivity index (χ2v) is 6.33. The molecule has 1 N–H and O–H groups in total. The summed E-state index contributed by atoms with van der Waals surface area (Å²) in [5, 5.41) is 7.10. The van der Waals surface area contributed by atoms with E-state index < -0.39 is 0 Å². The number of nitrogens with zero attached hydrogens (tertiary/aromatic N) is 2. The molecule has 1 heterocycles. The molecule has 1 amide bonds. The molecule has 0 aliphatic carbocycles. The highest BCUT2D eigenvalue weighted by molar-refractivity contribution is 5.92. The number of aryl methyl sites for hydroxylation is 3. The van der Waals surface area contributed by atoms with Crippen molar-refractivity contribution in [1.29, 1.82) is 0 Å². The molecule has 2 aromatic carbocycles. The molecule has 26 heavy (non-hydrogen) atoms. The Labute approximate surface area is 152 Å². The number of halogens is 1. The largest absolute Gasteiger partial charge is 0.351 e. The number of hydrogen-bond donors (Lipinski definition) is 1. The number of benzene rings is 2. The van der Waals surface area contributed by atoms with Gasteiger partial charge in [0.05, 0.1) is 5.69 Å². The topological polar surface area (TPSA) is 46.9 Å². The van der Waals surface area contributed by atoms with Crippen molar-refractivity contribution >= 4 is 5.91 Å². The molecule has 0 unspecified atom stereocenters. The van der Waals surface area contributed by atoms with Gasteiger partial charge in [0.25, 0.3) is 5.91 Å². The van der Waals surface area contributed by atoms with E-state index in [-0.39, 0.29) is 11.7 Å². The van der Waals surface area contributed by atoms with Crippen LogP contribution in [0.25, 0.3) is 11.1 Å². The number of carbonyl (C=O) groups excluding carboxylic acids is 1. The van der Waals surface area contributed by atoms with Gasteiger partial charge < -0.3 is 5.32 Å². The summed E-state index contributed by atoms with van der Waals surface area (Å²) < 4.78 is 15.5. The average molecular weight is 351 g/mol. The highest BCUT2D eigenvalue weighted by Crippen LogP contribution is 2.23. The predicted octanol–water partition coefficient (Wildman–Crippen LogP) is 3.90. The third-order valence-corrected chi connectivity index (χ3v) is 4.27. The van der Waals surface area contributed by atoms with Crippen LogP contribution in [0.15, 0.2) is 54.6 Å². The van der Waals surface area contributed by atoms with E-state index in [0.717, 1.165) is 29.7 Å². The van der Waals surface area contributed by atoms with Crippen LogP contribution in [0.1, 0.15) is 28.2 Å². The first kappa shape index (κ1) is 17.9. The Balaban J connectivity index is 1.56. The van der Waals surface area contributed by atoms with Crippen molar-refractivity contribution in [3.05, 3.63) is 77.4 Å². The number of aromatic nitrogens is 2. The molecule has 0 fully saturated rings. The first-order valence-electron chi connectivity index (χ1n) is 8.67. The monoisotopic (exact) mass is 351 g/mol. The number of hydrogen-bond acceptors (Lipinski definition) is 2. The quantitative estimate of drug-likeness (QED) is 0.685.